The first-order chi connectivity index (χ1) is 9.63. The summed E-state index contributed by atoms with van der Waals surface area (Å²) in [5.41, 5.74) is 2.33. The Balaban J connectivity index is 2.01. The Bertz CT molecular complexity index is 798. The highest BCUT2D eigenvalue weighted by molar-refractivity contribution is 9.10. The lowest BCUT2D eigenvalue weighted by Crippen LogP contribution is -1.96. The summed E-state index contributed by atoms with van der Waals surface area (Å²) < 4.78 is 0.785. The maximum Gasteiger partial charge on any atom is 0.292 e. The minimum atomic E-state index is -0.399. The number of halogens is 1. The van der Waals surface area contributed by atoms with Crippen LogP contribution in [0.4, 0.5) is 17.1 Å². The van der Waals surface area contributed by atoms with Gasteiger partial charge in [0.1, 0.15) is 5.69 Å². The van der Waals surface area contributed by atoms with E-state index in [1.54, 1.807) is 12.1 Å². The predicted octanol–water partition coefficient (Wildman–Crippen LogP) is 4.58. The lowest BCUT2D eigenvalue weighted by atomic mass is 10.2. The van der Waals surface area contributed by atoms with Gasteiger partial charge in [-0.05, 0) is 36.4 Å². The summed E-state index contributed by atoms with van der Waals surface area (Å²) in [6, 6.07) is 12.5. The van der Waals surface area contributed by atoms with Crippen LogP contribution in [0.15, 0.2) is 53.1 Å². The number of fused-ring (bicyclic) bond motifs is 1. The summed E-state index contributed by atoms with van der Waals surface area (Å²) in [7, 11) is 0. The maximum absolute atomic E-state index is 11.0. The number of H-pyrrole nitrogens is 1. The molecule has 0 radical (unpaired) electrons. The van der Waals surface area contributed by atoms with Crippen molar-refractivity contribution in [3.8, 4) is 0 Å². The number of nitrogens with one attached hydrogen (secondary N) is 2. The Hall–Kier alpha value is -2.34. The fraction of sp³-hybridized carbons (Fsp3) is 0. The van der Waals surface area contributed by atoms with Crippen molar-refractivity contribution in [3.05, 3.63) is 63.2 Å². The smallest absolute Gasteiger partial charge is 0.292 e. The van der Waals surface area contributed by atoms with Gasteiger partial charge in [-0.1, -0.05) is 15.9 Å². The van der Waals surface area contributed by atoms with Crippen molar-refractivity contribution in [2.45, 2.75) is 0 Å². The quantitative estimate of drug-likeness (QED) is 0.545. The number of aromatic nitrogens is 1. The number of nitrogens with zero attached hydrogens (tertiary/aromatic N) is 1. The van der Waals surface area contributed by atoms with Crippen molar-refractivity contribution in [3.63, 3.8) is 0 Å². The second-order valence-electron chi connectivity index (χ2n) is 4.32. The third-order valence-corrected chi connectivity index (χ3v) is 3.48. The number of nitro groups is 1. The Morgan fingerprint density at radius 1 is 1.15 bits per heavy atom. The van der Waals surface area contributed by atoms with Gasteiger partial charge in [-0.15, -0.1) is 0 Å². The molecule has 0 fully saturated rings. The third-order valence-electron chi connectivity index (χ3n) is 2.99. The van der Waals surface area contributed by atoms with Gasteiger partial charge in [0, 0.05) is 33.3 Å². The molecule has 0 unspecified atom stereocenters. The van der Waals surface area contributed by atoms with E-state index < -0.39 is 4.92 Å². The lowest BCUT2D eigenvalue weighted by Gasteiger charge is -2.08. The van der Waals surface area contributed by atoms with Gasteiger partial charge in [-0.3, -0.25) is 10.1 Å². The van der Waals surface area contributed by atoms with Crippen LogP contribution in [0.2, 0.25) is 0 Å². The van der Waals surface area contributed by atoms with E-state index in [2.05, 4.69) is 26.2 Å². The van der Waals surface area contributed by atoms with E-state index in [0.717, 1.165) is 21.1 Å². The van der Waals surface area contributed by atoms with Gasteiger partial charge in [0.05, 0.1) is 4.92 Å². The van der Waals surface area contributed by atoms with Crippen LogP contribution in [0.25, 0.3) is 10.9 Å². The Morgan fingerprint density at radius 2 is 2.00 bits per heavy atom. The van der Waals surface area contributed by atoms with Gasteiger partial charge in [-0.2, -0.15) is 0 Å². The molecule has 1 aromatic heterocycles. The summed E-state index contributed by atoms with van der Waals surface area (Å²) in [4.78, 5) is 13.7. The molecule has 0 atom stereocenters. The Labute approximate surface area is 122 Å². The van der Waals surface area contributed by atoms with Gasteiger partial charge in [0.2, 0.25) is 0 Å². The molecule has 2 aromatic carbocycles. The largest absolute Gasteiger partial charge is 0.361 e. The standard InChI is InChI=1S/C14H10BrN3O2/c15-10-1-4-14(18(19)20)13(8-10)17-11-2-3-12-9(7-11)5-6-16-12/h1-8,16-17H. The van der Waals surface area contributed by atoms with E-state index in [1.165, 1.54) is 6.07 Å². The molecule has 5 nitrogen and oxygen atoms in total. The zero-order valence-electron chi connectivity index (χ0n) is 10.3. The topological polar surface area (TPSA) is 71.0 Å². The molecule has 3 aromatic rings. The van der Waals surface area contributed by atoms with Crippen LogP contribution < -0.4 is 5.32 Å². The summed E-state index contributed by atoms with van der Waals surface area (Å²) >= 11 is 3.32. The van der Waals surface area contributed by atoms with Crippen LogP contribution in [0.1, 0.15) is 0 Å². The second kappa shape index (κ2) is 4.97. The van der Waals surface area contributed by atoms with E-state index in [4.69, 9.17) is 0 Å². The van der Waals surface area contributed by atoms with Gasteiger partial charge < -0.3 is 10.3 Å². The highest BCUT2D eigenvalue weighted by atomic mass is 79.9. The summed E-state index contributed by atoms with van der Waals surface area (Å²) in [6.07, 6.45) is 1.86. The average molecular weight is 332 g/mol. The molecule has 0 saturated carbocycles. The van der Waals surface area contributed by atoms with Gasteiger partial charge in [0.25, 0.3) is 5.69 Å². The van der Waals surface area contributed by atoms with E-state index >= 15 is 0 Å². The molecular formula is C14H10BrN3O2. The van der Waals surface area contributed by atoms with E-state index in [9.17, 15) is 10.1 Å². The van der Waals surface area contributed by atoms with Crippen LogP contribution in [0.5, 0.6) is 0 Å². The fourth-order valence-corrected chi connectivity index (χ4v) is 2.42. The molecular weight excluding hydrogens is 322 g/mol. The summed E-state index contributed by atoms with van der Waals surface area (Å²) in [5, 5.41) is 15.2. The SMILES string of the molecule is O=[N+]([O-])c1ccc(Br)cc1Nc1ccc2[nH]ccc2c1. The van der Waals surface area contributed by atoms with Gasteiger partial charge in [-0.25, -0.2) is 0 Å². The molecule has 0 bridgehead atoms. The summed E-state index contributed by atoms with van der Waals surface area (Å²) in [5.74, 6) is 0. The minimum absolute atomic E-state index is 0.0439. The molecule has 0 aliphatic rings. The molecule has 20 heavy (non-hydrogen) atoms. The molecule has 0 amide bonds. The zero-order valence-corrected chi connectivity index (χ0v) is 11.8. The maximum atomic E-state index is 11.0. The second-order valence-corrected chi connectivity index (χ2v) is 5.24. The first-order valence-corrected chi connectivity index (χ1v) is 6.71. The molecule has 0 aliphatic heterocycles. The Kier molecular flexibility index (Phi) is 3.15. The first-order valence-electron chi connectivity index (χ1n) is 5.91. The fourth-order valence-electron chi connectivity index (χ4n) is 2.05. The van der Waals surface area contributed by atoms with Crippen molar-refractivity contribution in [2.75, 3.05) is 5.32 Å². The van der Waals surface area contributed by atoms with Crippen molar-refractivity contribution < 1.29 is 4.92 Å². The van der Waals surface area contributed by atoms with Crippen LogP contribution in [-0.4, -0.2) is 9.91 Å². The molecule has 0 saturated heterocycles. The van der Waals surface area contributed by atoms with E-state index in [0.29, 0.717) is 5.69 Å². The number of rotatable bonds is 3. The number of hydrogen-bond acceptors (Lipinski definition) is 3. The van der Waals surface area contributed by atoms with Gasteiger partial charge >= 0.3 is 0 Å². The lowest BCUT2D eigenvalue weighted by molar-refractivity contribution is -0.383. The van der Waals surface area contributed by atoms with Crippen molar-refractivity contribution in [1.29, 1.82) is 0 Å². The van der Waals surface area contributed by atoms with Crippen LogP contribution >= 0.6 is 15.9 Å². The monoisotopic (exact) mass is 331 g/mol. The highest BCUT2D eigenvalue weighted by Gasteiger charge is 2.14. The first kappa shape index (κ1) is 12.7. The molecule has 0 aliphatic carbocycles. The predicted molar refractivity (Wildman–Crippen MR) is 82.4 cm³/mol. The highest BCUT2D eigenvalue weighted by Crippen LogP contribution is 2.31. The number of hydrogen-bond donors (Lipinski definition) is 2. The number of benzene rings is 2. The van der Waals surface area contributed by atoms with Crippen LogP contribution in [-0.2, 0) is 0 Å². The minimum Gasteiger partial charge on any atom is -0.361 e. The van der Waals surface area contributed by atoms with Crippen molar-refractivity contribution in [1.82, 2.24) is 4.98 Å². The normalized spacial score (nSPS) is 10.7. The van der Waals surface area contributed by atoms with Crippen LogP contribution in [0, 0.1) is 10.1 Å². The van der Waals surface area contributed by atoms with Gasteiger partial charge in [0.15, 0.2) is 0 Å². The third kappa shape index (κ3) is 2.37. The number of nitro benzene ring substituents is 1. The van der Waals surface area contributed by atoms with E-state index in [-0.39, 0.29) is 5.69 Å². The van der Waals surface area contributed by atoms with Crippen molar-refractivity contribution in [2.24, 2.45) is 0 Å². The molecule has 2 N–H and O–H groups in total. The number of anilines is 2. The molecule has 1 heterocycles. The van der Waals surface area contributed by atoms with E-state index in [1.807, 2.05) is 30.5 Å². The zero-order chi connectivity index (χ0) is 14.1. The number of aromatic amines is 1. The van der Waals surface area contributed by atoms with Crippen molar-refractivity contribution >= 4 is 43.9 Å². The molecule has 6 heteroatoms. The average Bonchev–Trinajstić information content (AvgIpc) is 2.85. The Morgan fingerprint density at radius 3 is 2.80 bits per heavy atom. The van der Waals surface area contributed by atoms with Crippen LogP contribution in [0.3, 0.4) is 0 Å². The molecule has 0 spiro atoms. The molecule has 3 rings (SSSR count). The molecule has 100 valence electrons. The summed E-state index contributed by atoms with van der Waals surface area (Å²) in [6.45, 7) is 0.